The monoisotopic (exact) mass is 324 g/mol. The molecule has 0 saturated carbocycles. The Labute approximate surface area is 143 Å². The predicted octanol–water partition coefficient (Wildman–Crippen LogP) is 3.35. The van der Waals surface area contributed by atoms with Crippen molar-refractivity contribution in [2.45, 2.75) is 20.3 Å². The van der Waals surface area contributed by atoms with Crippen LogP contribution in [0.15, 0.2) is 42.6 Å². The summed E-state index contributed by atoms with van der Waals surface area (Å²) >= 11 is 0. The minimum absolute atomic E-state index is 0.172. The third kappa shape index (κ3) is 4.25. The van der Waals surface area contributed by atoms with Gasteiger partial charge in [0.2, 0.25) is 0 Å². The predicted molar refractivity (Wildman–Crippen MR) is 97.5 cm³/mol. The molecule has 1 aliphatic rings. The number of nitrogens with one attached hydrogen (secondary N) is 2. The molecule has 0 bridgehead atoms. The molecule has 0 aliphatic carbocycles. The summed E-state index contributed by atoms with van der Waals surface area (Å²) in [5, 5.41) is 5.78. The SMILES string of the molecule is Cc1ccc(N2CC[C@@H](CNC(=O)Nc3ccc(C)nc3)C2)cc1. The molecule has 2 N–H and O–H groups in total. The summed E-state index contributed by atoms with van der Waals surface area (Å²) in [6.45, 7) is 6.73. The number of rotatable bonds is 4. The molecule has 1 aromatic carbocycles. The molecule has 5 heteroatoms. The second-order valence-electron chi connectivity index (χ2n) is 6.46. The zero-order valence-electron chi connectivity index (χ0n) is 14.2. The van der Waals surface area contributed by atoms with Crippen LogP contribution in [0.4, 0.5) is 16.2 Å². The first-order valence-corrected chi connectivity index (χ1v) is 8.39. The van der Waals surface area contributed by atoms with Crippen molar-refractivity contribution in [3.63, 3.8) is 0 Å². The molecule has 1 atom stereocenters. The van der Waals surface area contributed by atoms with Crippen LogP contribution in [0.3, 0.4) is 0 Å². The lowest BCUT2D eigenvalue weighted by Crippen LogP contribution is -2.34. The second-order valence-corrected chi connectivity index (χ2v) is 6.46. The average molecular weight is 324 g/mol. The largest absolute Gasteiger partial charge is 0.371 e. The molecule has 0 radical (unpaired) electrons. The van der Waals surface area contributed by atoms with E-state index in [1.165, 1.54) is 11.3 Å². The third-order valence-electron chi connectivity index (χ3n) is 4.41. The molecule has 1 fully saturated rings. The molecule has 2 amide bonds. The zero-order chi connectivity index (χ0) is 16.9. The first kappa shape index (κ1) is 16.3. The van der Waals surface area contributed by atoms with Crippen molar-refractivity contribution >= 4 is 17.4 Å². The second kappa shape index (κ2) is 7.34. The van der Waals surface area contributed by atoms with Gasteiger partial charge in [-0.05, 0) is 50.5 Å². The first-order valence-electron chi connectivity index (χ1n) is 8.39. The highest BCUT2D eigenvalue weighted by Crippen LogP contribution is 2.23. The van der Waals surface area contributed by atoms with Crippen LogP contribution >= 0.6 is 0 Å². The highest BCUT2D eigenvalue weighted by Gasteiger charge is 2.23. The van der Waals surface area contributed by atoms with E-state index in [9.17, 15) is 4.79 Å². The Hall–Kier alpha value is -2.56. The maximum atomic E-state index is 12.0. The Morgan fingerprint density at radius 3 is 2.71 bits per heavy atom. The highest BCUT2D eigenvalue weighted by atomic mass is 16.2. The molecule has 3 rings (SSSR count). The summed E-state index contributed by atoms with van der Waals surface area (Å²) in [5.41, 5.74) is 4.19. The number of hydrogen-bond acceptors (Lipinski definition) is 3. The summed E-state index contributed by atoms with van der Waals surface area (Å²) in [7, 11) is 0. The van der Waals surface area contributed by atoms with Crippen molar-refractivity contribution in [1.82, 2.24) is 10.3 Å². The number of amides is 2. The van der Waals surface area contributed by atoms with Crippen molar-refractivity contribution in [2.24, 2.45) is 5.92 Å². The van der Waals surface area contributed by atoms with Gasteiger partial charge in [-0.2, -0.15) is 0 Å². The number of benzene rings is 1. The van der Waals surface area contributed by atoms with E-state index >= 15 is 0 Å². The van der Waals surface area contributed by atoms with Crippen LogP contribution in [0.5, 0.6) is 0 Å². The van der Waals surface area contributed by atoms with E-state index in [-0.39, 0.29) is 6.03 Å². The quantitative estimate of drug-likeness (QED) is 0.907. The van der Waals surface area contributed by atoms with Gasteiger partial charge in [-0.3, -0.25) is 4.98 Å². The van der Waals surface area contributed by atoms with Gasteiger partial charge < -0.3 is 15.5 Å². The van der Waals surface area contributed by atoms with Gasteiger partial charge in [0.25, 0.3) is 0 Å². The van der Waals surface area contributed by atoms with E-state index in [0.29, 0.717) is 18.2 Å². The minimum Gasteiger partial charge on any atom is -0.371 e. The summed E-state index contributed by atoms with van der Waals surface area (Å²) in [5.74, 6) is 0.480. The van der Waals surface area contributed by atoms with E-state index in [0.717, 1.165) is 25.2 Å². The summed E-state index contributed by atoms with van der Waals surface area (Å²) in [6, 6.07) is 12.2. The summed E-state index contributed by atoms with van der Waals surface area (Å²) < 4.78 is 0. The van der Waals surface area contributed by atoms with Gasteiger partial charge in [0.1, 0.15) is 0 Å². The topological polar surface area (TPSA) is 57.3 Å². The Morgan fingerprint density at radius 2 is 2.00 bits per heavy atom. The van der Waals surface area contributed by atoms with E-state index in [4.69, 9.17) is 0 Å². The number of urea groups is 1. The lowest BCUT2D eigenvalue weighted by Gasteiger charge is -2.19. The van der Waals surface area contributed by atoms with E-state index in [2.05, 4.69) is 51.7 Å². The number of carbonyl (C=O) groups excluding carboxylic acids is 1. The number of aromatic nitrogens is 1. The van der Waals surface area contributed by atoms with Crippen LogP contribution in [-0.4, -0.2) is 30.6 Å². The average Bonchev–Trinajstić information content (AvgIpc) is 3.05. The van der Waals surface area contributed by atoms with Crippen molar-refractivity contribution in [1.29, 1.82) is 0 Å². The van der Waals surface area contributed by atoms with Crippen LogP contribution in [0, 0.1) is 19.8 Å². The number of aryl methyl sites for hydroxylation is 2. The summed E-state index contributed by atoms with van der Waals surface area (Å²) in [4.78, 5) is 18.5. The maximum Gasteiger partial charge on any atom is 0.319 e. The highest BCUT2D eigenvalue weighted by molar-refractivity contribution is 5.88. The van der Waals surface area contributed by atoms with Gasteiger partial charge in [-0.15, -0.1) is 0 Å². The smallest absolute Gasteiger partial charge is 0.319 e. The van der Waals surface area contributed by atoms with Crippen molar-refractivity contribution in [3.8, 4) is 0 Å². The normalized spacial score (nSPS) is 16.9. The number of nitrogens with zero attached hydrogens (tertiary/aromatic N) is 2. The Bertz CT molecular complexity index is 682. The number of pyridine rings is 1. The van der Waals surface area contributed by atoms with Gasteiger partial charge in [0, 0.05) is 31.0 Å². The zero-order valence-corrected chi connectivity index (χ0v) is 14.2. The number of carbonyl (C=O) groups is 1. The van der Waals surface area contributed by atoms with E-state index in [1.54, 1.807) is 6.20 Å². The Kier molecular flexibility index (Phi) is 4.99. The van der Waals surface area contributed by atoms with Gasteiger partial charge in [0.05, 0.1) is 11.9 Å². The molecular formula is C19H24N4O. The molecule has 1 aliphatic heterocycles. The first-order chi connectivity index (χ1) is 11.6. The van der Waals surface area contributed by atoms with Gasteiger partial charge in [0.15, 0.2) is 0 Å². The van der Waals surface area contributed by atoms with Gasteiger partial charge in [-0.25, -0.2) is 4.79 Å². The fourth-order valence-corrected chi connectivity index (χ4v) is 2.94. The molecule has 5 nitrogen and oxygen atoms in total. The van der Waals surface area contributed by atoms with Crippen molar-refractivity contribution in [2.75, 3.05) is 29.9 Å². The molecular weight excluding hydrogens is 300 g/mol. The molecule has 0 spiro atoms. The van der Waals surface area contributed by atoms with Gasteiger partial charge in [-0.1, -0.05) is 17.7 Å². The molecule has 1 saturated heterocycles. The number of hydrogen-bond donors (Lipinski definition) is 2. The molecule has 1 aromatic heterocycles. The van der Waals surface area contributed by atoms with Crippen LogP contribution in [0.25, 0.3) is 0 Å². The van der Waals surface area contributed by atoms with Crippen molar-refractivity contribution in [3.05, 3.63) is 53.9 Å². The molecule has 2 aromatic rings. The van der Waals surface area contributed by atoms with Crippen LogP contribution < -0.4 is 15.5 Å². The lowest BCUT2D eigenvalue weighted by molar-refractivity contribution is 0.250. The third-order valence-corrected chi connectivity index (χ3v) is 4.41. The Morgan fingerprint density at radius 1 is 1.21 bits per heavy atom. The van der Waals surface area contributed by atoms with E-state index < -0.39 is 0 Å². The fraction of sp³-hybridized carbons (Fsp3) is 0.368. The van der Waals surface area contributed by atoms with Crippen LogP contribution in [0.1, 0.15) is 17.7 Å². The molecule has 24 heavy (non-hydrogen) atoms. The van der Waals surface area contributed by atoms with Crippen LogP contribution in [-0.2, 0) is 0 Å². The van der Waals surface area contributed by atoms with Crippen molar-refractivity contribution < 1.29 is 4.79 Å². The molecule has 2 heterocycles. The van der Waals surface area contributed by atoms with E-state index in [1.807, 2.05) is 19.1 Å². The summed E-state index contributed by atoms with van der Waals surface area (Å²) in [6.07, 6.45) is 2.77. The fourth-order valence-electron chi connectivity index (χ4n) is 2.94. The molecule has 0 unspecified atom stereocenters. The van der Waals surface area contributed by atoms with Gasteiger partial charge >= 0.3 is 6.03 Å². The maximum absolute atomic E-state index is 12.0. The van der Waals surface area contributed by atoms with Crippen LogP contribution in [0.2, 0.25) is 0 Å². The minimum atomic E-state index is -0.172. The number of anilines is 2. The lowest BCUT2D eigenvalue weighted by atomic mass is 10.1. The standard InChI is InChI=1S/C19H24N4O/c1-14-3-7-18(8-4-14)23-10-9-16(13-23)11-21-19(24)22-17-6-5-15(2)20-12-17/h3-8,12,16H,9-11,13H2,1-2H3,(H2,21,22,24)/t16-/m0/s1. The molecule has 126 valence electrons. The Balaban J connectivity index is 1.44.